The van der Waals surface area contributed by atoms with Crippen molar-refractivity contribution in [3.05, 3.63) is 46.5 Å². The summed E-state index contributed by atoms with van der Waals surface area (Å²) < 4.78 is 0. The van der Waals surface area contributed by atoms with Gasteiger partial charge in [-0.05, 0) is 24.1 Å². The summed E-state index contributed by atoms with van der Waals surface area (Å²) in [6.45, 7) is 3.30. The molecule has 1 aromatic carbocycles. The Hall–Kier alpha value is -4.17. The third-order valence-corrected chi connectivity index (χ3v) is 6.50. The van der Waals surface area contributed by atoms with Crippen LogP contribution in [0.4, 0.5) is 22.7 Å². The highest BCUT2D eigenvalue weighted by Gasteiger charge is 2.23. The summed E-state index contributed by atoms with van der Waals surface area (Å²) in [5, 5.41) is 40.0. The number of aryl methyl sites for hydroxylation is 1. The van der Waals surface area contributed by atoms with Crippen LogP contribution in [0.2, 0.25) is 0 Å². The molecule has 0 radical (unpaired) electrons. The van der Waals surface area contributed by atoms with Crippen molar-refractivity contribution in [2.45, 2.75) is 26.0 Å². The molecule has 1 aliphatic heterocycles. The first-order chi connectivity index (χ1) is 16.9. The van der Waals surface area contributed by atoms with Crippen LogP contribution in [-0.4, -0.2) is 71.0 Å². The van der Waals surface area contributed by atoms with Gasteiger partial charge in [0.25, 0.3) is 0 Å². The van der Waals surface area contributed by atoms with E-state index in [2.05, 4.69) is 46.2 Å². The van der Waals surface area contributed by atoms with Gasteiger partial charge in [0.1, 0.15) is 16.5 Å². The summed E-state index contributed by atoms with van der Waals surface area (Å²) in [6.07, 6.45) is 0.255. The molecule has 0 spiro atoms. The molecule has 14 heteroatoms. The van der Waals surface area contributed by atoms with E-state index in [1.807, 2.05) is 35.2 Å². The second-order valence-electron chi connectivity index (χ2n) is 7.97. The highest BCUT2D eigenvalue weighted by molar-refractivity contribution is 7.17. The maximum atomic E-state index is 11.4. The predicted molar refractivity (Wildman–Crippen MR) is 129 cm³/mol. The zero-order valence-corrected chi connectivity index (χ0v) is 19.5. The lowest BCUT2D eigenvalue weighted by Crippen LogP contribution is -2.23. The van der Waals surface area contributed by atoms with Gasteiger partial charge >= 0.3 is 5.97 Å². The first-order valence-corrected chi connectivity index (χ1v) is 11.6. The molecule has 35 heavy (non-hydrogen) atoms. The van der Waals surface area contributed by atoms with Crippen LogP contribution in [0.15, 0.2) is 30.3 Å². The van der Waals surface area contributed by atoms with Gasteiger partial charge < -0.3 is 20.4 Å². The van der Waals surface area contributed by atoms with E-state index >= 15 is 0 Å². The van der Waals surface area contributed by atoms with Crippen LogP contribution in [-0.2, 0) is 6.54 Å². The zero-order valence-electron chi connectivity index (χ0n) is 18.6. The molecule has 180 valence electrons. The van der Waals surface area contributed by atoms with E-state index in [1.165, 1.54) is 0 Å². The molecule has 1 fully saturated rings. The Labute approximate surface area is 203 Å². The number of hydrogen-bond donors (Lipinski definition) is 5. The lowest BCUT2D eigenvalue weighted by atomic mass is 10.1. The van der Waals surface area contributed by atoms with Gasteiger partial charge in [0.15, 0.2) is 5.13 Å². The molecule has 1 unspecified atom stereocenters. The summed E-state index contributed by atoms with van der Waals surface area (Å²) >= 11 is 1.02. The van der Waals surface area contributed by atoms with Crippen LogP contribution < -0.4 is 15.5 Å². The Morgan fingerprint density at radius 1 is 1.26 bits per heavy atom. The number of H-pyrrole nitrogens is 1. The first kappa shape index (κ1) is 22.6. The lowest BCUT2D eigenvalue weighted by Gasteiger charge is -2.18. The lowest BCUT2D eigenvalue weighted by molar-refractivity contribution is 0.0701. The Morgan fingerprint density at radius 3 is 2.74 bits per heavy atom. The van der Waals surface area contributed by atoms with Crippen molar-refractivity contribution in [2.75, 3.05) is 28.6 Å². The monoisotopic (exact) mass is 494 g/mol. The average Bonchev–Trinajstić information content (AvgIpc) is 3.60. The van der Waals surface area contributed by atoms with E-state index in [0.29, 0.717) is 54.3 Å². The molecule has 0 saturated carbocycles. The summed E-state index contributed by atoms with van der Waals surface area (Å²) in [5.74, 6) is 1.01. The fourth-order valence-electron chi connectivity index (χ4n) is 3.69. The van der Waals surface area contributed by atoms with Gasteiger partial charge in [-0.3, -0.25) is 5.32 Å². The quantitative estimate of drug-likeness (QED) is 0.241. The minimum atomic E-state index is -1.03. The molecule has 1 saturated heterocycles. The normalized spacial score (nSPS) is 15.4. The maximum absolute atomic E-state index is 11.4. The van der Waals surface area contributed by atoms with E-state index in [9.17, 15) is 15.0 Å². The van der Waals surface area contributed by atoms with Crippen LogP contribution in [0.3, 0.4) is 0 Å². The number of carboxylic acid groups (broad SMARTS) is 1. The minimum absolute atomic E-state index is 0.161. The molecule has 5 N–H and O–H groups in total. The molecule has 1 atom stereocenters. The summed E-state index contributed by atoms with van der Waals surface area (Å²) in [6, 6.07) is 9.57. The number of aromatic nitrogens is 7. The largest absolute Gasteiger partial charge is 0.477 e. The van der Waals surface area contributed by atoms with Crippen LogP contribution in [0.25, 0.3) is 11.4 Å². The number of thiazole rings is 1. The van der Waals surface area contributed by atoms with E-state index in [4.69, 9.17) is 0 Å². The number of β-amino-alcohol motifs (C(OH)–C–C–N with tert-alkyl or cyclic N) is 1. The van der Waals surface area contributed by atoms with Crippen molar-refractivity contribution in [3.8, 4) is 11.4 Å². The summed E-state index contributed by atoms with van der Waals surface area (Å²) in [7, 11) is 0. The van der Waals surface area contributed by atoms with Gasteiger partial charge in [0.05, 0.1) is 11.8 Å². The smallest absolute Gasteiger partial charge is 0.347 e. The minimum Gasteiger partial charge on any atom is -0.477 e. The molecule has 13 nitrogen and oxygen atoms in total. The molecule has 0 amide bonds. The van der Waals surface area contributed by atoms with Crippen molar-refractivity contribution in [3.63, 3.8) is 0 Å². The number of benzene rings is 1. The molecule has 4 heterocycles. The van der Waals surface area contributed by atoms with Crippen molar-refractivity contribution in [2.24, 2.45) is 0 Å². The Kier molecular flexibility index (Phi) is 6.20. The van der Waals surface area contributed by atoms with Crippen molar-refractivity contribution in [1.29, 1.82) is 0 Å². The van der Waals surface area contributed by atoms with Gasteiger partial charge in [0, 0.05) is 31.3 Å². The second kappa shape index (κ2) is 9.60. The number of carboxylic acids is 1. The van der Waals surface area contributed by atoms with Gasteiger partial charge in [-0.15, -0.1) is 10.2 Å². The van der Waals surface area contributed by atoms with E-state index in [-0.39, 0.29) is 10.8 Å². The number of hydrogen-bond acceptors (Lipinski definition) is 12. The zero-order chi connectivity index (χ0) is 24.4. The standard InChI is InChI=1S/C21H22N10O3S/c1-11-17(19(33)34)35-21(23-11)26-20-24-15(8-16(25-20)31-7-6-14(32)10-31)22-9-12-2-4-13(5-3-12)18-27-29-30-28-18/h2-5,8,14,32H,6-7,9-10H2,1H3,(H,33,34)(H,27,28,29,30)(H2,22,23,24,25,26). The van der Waals surface area contributed by atoms with Crippen LogP contribution in [0, 0.1) is 6.92 Å². The number of aromatic carboxylic acids is 1. The molecule has 3 aromatic heterocycles. The molecule has 1 aliphatic rings. The number of rotatable bonds is 8. The highest BCUT2D eigenvalue weighted by atomic mass is 32.1. The number of nitrogens with one attached hydrogen (secondary N) is 3. The molecular weight excluding hydrogens is 472 g/mol. The van der Waals surface area contributed by atoms with Crippen LogP contribution in [0.5, 0.6) is 0 Å². The number of anilines is 4. The van der Waals surface area contributed by atoms with Gasteiger partial charge in [-0.25, -0.2) is 9.78 Å². The van der Waals surface area contributed by atoms with Gasteiger partial charge in [-0.2, -0.15) is 15.2 Å². The Balaban J connectivity index is 1.36. The maximum Gasteiger partial charge on any atom is 0.347 e. The molecule has 4 aromatic rings. The third-order valence-electron chi connectivity index (χ3n) is 5.44. The van der Waals surface area contributed by atoms with Gasteiger partial charge in [-0.1, -0.05) is 35.6 Å². The molecule has 0 aliphatic carbocycles. The number of tetrazole rings is 1. The number of nitrogens with zero attached hydrogens (tertiary/aromatic N) is 7. The van der Waals surface area contributed by atoms with E-state index in [0.717, 1.165) is 22.5 Å². The van der Waals surface area contributed by atoms with E-state index in [1.54, 1.807) is 6.92 Å². The SMILES string of the molecule is Cc1nc(Nc2nc(NCc3ccc(-c4nn[nH]n4)cc3)cc(N3CCC(O)C3)n2)sc1C(=O)O. The first-order valence-electron chi connectivity index (χ1n) is 10.8. The molecule has 5 rings (SSSR count). The topological polar surface area (TPSA) is 178 Å². The predicted octanol–water partition coefficient (Wildman–Crippen LogP) is 2.05. The number of aliphatic hydroxyl groups is 1. The number of carbonyl (C=O) groups is 1. The Bertz CT molecular complexity index is 1330. The van der Waals surface area contributed by atoms with Crippen LogP contribution in [0.1, 0.15) is 27.3 Å². The van der Waals surface area contributed by atoms with E-state index < -0.39 is 12.1 Å². The summed E-state index contributed by atoms with van der Waals surface area (Å²) in [5.41, 5.74) is 2.29. The van der Waals surface area contributed by atoms with Crippen LogP contribution >= 0.6 is 11.3 Å². The average molecular weight is 495 g/mol. The third kappa shape index (κ3) is 5.17. The van der Waals surface area contributed by atoms with Crippen molar-refractivity contribution >= 4 is 40.0 Å². The number of aromatic amines is 1. The van der Waals surface area contributed by atoms with Gasteiger partial charge in [0.2, 0.25) is 11.8 Å². The molecular formula is C21H22N10O3S. The van der Waals surface area contributed by atoms with Crippen molar-refractivity contribution < 1.29 is 15.0 Å². The summed E-state index contributed by atoms with van der Waals surface area (Å²) in [4.78, 5) is 26.9. The Morgan fingerprint density at radius 2 is 2.09 bits per heavy atom. The highest BCUT2D eigenvalue weighted by Crippen LogP contribution is 2.28. The molecule has 0 bridgehead atoms. The fraction of sp³-hybridized carbons (Fsp3) is 0.286. The van der Waals surface area contributed by atoms with Crippen molar-refractivity contribution in [1.82, 2.24) is 35.6 Å². The second-order valence-corrected chi connectivity index (χ2v) is 8.97. The number of aliphatic hydroxyl groups excluding tert-OH is 1. The fourth-order valence-corrected chi connectivity index (χ4v) is 4.48.